The van der Waals surface area contributed by atoms with Gasteiger partial charge in [-0.1, -0.05) is 0 Å². The zero-order chi connectivity index (χ0) is 12.7. The van der Waals surface area contributed by atoms with Gasteiger partial charge in [-0.05, 0) is 44.2 Å². The van der Waals surface area contributed by atoms with Gasteiger partial charge in [0.25, 0.3) is 0 Å². The fraction of sp³-hybridized carbons (Fsp3) is 0.533. The van der Waals surface area contributed by atoms with Crippen molar-refractivity contribution in [2.45, 2.75) is 44.1 Å². The van der Waals surface area contributed by atoms with Crippen LogP contribution in [0.5, 0.6) is 0 Å². The smallest absolute Gasteiger partial charge is 0.162 e. The molecule has 0 radical (unpaired) electrons. The molecule has 0 aromatic carbocycles. The van der Waals surface area contributed by atoms with E-state index in [4.69, 9.17) is 9.40 Å². The van der Waals surface area contributed by atoms with Crippen LogP contribution >= 0.6 is 11.3 Å². The van der Waals surface area contributed by atoms with Crippen molar-refractivity contribution in [1.29, 1.82) is 0 Å². The van der Waals surface area contributed by atoms with Crippen molar-refractivity contribution < 1.29 is 4.42 Å². The monoisotopic (exact) mass is 274 g/mol. The van der Waals surface area contributed by atoms with E-state index in [0.717, 1.165) is 23.4 Å². The zero-order valence-electron chi connectivity index (χ0n) is 10.9. The highest BCUT2D eigenvalue weighted by Gasteiger charge is 2.28. The van der Waals surface area contributed by atoms with Crippen LogP contribution in [-0.4, -0.2) is 17.6 Å². The molecule has 0 spiro atoms. The molecule has 0 aliphatic heterocycles. The lowest BCUT2D eigenvalue weighted by Gasteiger charge is -2.21. The number of nitrogens with zero attached hydrogens (tertiary/aromatic N) is 1. The number of rotatable bonds is 4. The molecule has 4 heteroatoms. The molecule has 2 aromatic rings. The van der Waals surface area contributed by atoms with Crippen LogP contribution in [0.15, 0.2) is 22.8 Å². The van der Waals surface area contributed by atoms with Gasteiger partial charge in [-0.15, -0.1) is 11.3 Å². The summed E-state index contributed by atoms with van der Waals surface area (Å²) < 4.78 is 5.47. The summed E-state index contributed by atoms with van der Waals surface area (Å²) in [5.41, 5.74) is 1.33. The third kappa shape index (κ3) is 2.35. The average Bonchev–Trinajstić information content (AvgIpc) is 2.94. The molecule has 100 valence electrons. The molecule has 1 saturated carbocycles. The number of fused-ring (bicyclic) bond motifs is 1. The van der Waals surface area contributed by atoms with Gasteiger partial charge >= 0.3 is 0 Å². The first-order valence-electron chi connectivity index (χ1n) is 7.17. The van der Waals surface area contributed by atoms with Crippen LogP contribution < -0.4 is 5.32 Å². The van der Waals surface area contributed by atoms with Crippen LogP contribution in [0.1, 0.15) is 42.2 Å². The van der Waals surface area contributed by atoms with E-state index in [1.54, 1.807) is 6.26 Å². The average molecular weight is 274 g/mol. The number of nitrogens with one attached hydrogen (secondary N) is 1. The molecule has 2 aromatic heterocycles. The Morgan fingerprint density at radius 2 is 2.32 bits per heavy atom. The summed E-state index contributed by atoms with van der Waals surface area (Å²) >= 11 is 1.81. The Hall–Kier alpha value is -1.13. The van der Waals surface area contributed by atoms with Gasteiger partial charge in [0.2, 0.25) is 0 Å². The van der Waals surface area contributed by atoms with Crippen LogP contribution in [-0.2, 0) is 6.42 Å². The molecule has 0 saturated heterocycles. The molecule has 2 aliphatic rings. The molecular weight excluding hydrogens is 256 g/mol. The zero-order valence-corrected chi connectivity index (χ0v) is 11.7. The van der Waals surface area contributed by atoms with E-state index in [0.29, 0.717) is 5.92 Å². The second kappa shape index (κ2) is 4.76. The minimum Gasteiger partial charge on any atom is -0.462 e. The van der Waals surface area contributed by atoms with Crippen molar-refractivity contribution >= 4 is 11.3 Å². The lowest BCUT2D eigenvalue weighted by Crippen LogP contribution is -2.25. The Morgan fingerprint density at radius 1 is 1.37 bits per heavy atom. The second-order valence-corrected chi connectivity index (χ2v) is 6.66. The third-order valence-electron chi connectivity index (χ3n) is 4.03. The van der Waals surface area contributed by atoms with Crippen molar-refractivity contribution in [3.8, 4) is 10.8 Å². The fourth-order valence-electron chi connectivity index (χ4n) is 2.81. The maximum Gasteiger partial charge on any atom is 0.162 e. The molecule has 2 heterocycles. The van der Waals surface area contributed by atoms with Gasteiger partial charge < -0.3 is 9.73 Å². The van der Waals surface area contributed by atoms with Gasteiger partial charge in [0.05, 0.1) is 12.0 Å². The van der Waals surface area contributed by atoms with Gasteiger partial charge in [0, 0.05) is 23.4 Å². The number of hydrogen-bond donors (Lipinski definition) is 1. The first-order chi connectivity index (χ1) is 9.40. The van der Waals surface area contributed by atoms with E-state index < -0.39 is 0 Å². The van der Waals surface area contributed by atoms with Gasteiger partial charge in [-0.25, -0.2) is 4.98 Å². The molecule has 4 rings (SSSR count). The summed E-state index contributed by atoms with van der Waals surface area (Å²) in [5.74, 6) is 1.51. The molecule has 1 fully saturated rings. The molecule has 1 atom stereocenters. The lowest BCUT2D eigenvalue weighted by molar-refractivity contribution is 0.500. The minimum atomic E-state index is 0.601. The second-order valence-electron chi connectivity index (χ2n) is 5.58. The van der Waals surface area contributed by atoms with Crippen molar-refractivity contribution in [3.63, 3.8) is 0 Å². The highest BCUT2D eigenvalue weighted by molar-refractivity contribution is 7.15. The predicted molar refractivity (Wildman–Crippen MR) is 76.5 cm³/mol. The Morgan fingerprint density at radius 3 is 3.11 bits per heavy atom. The van der Waals surface area contributed by atoms with E-state index in [1.807, 2.05) is 23.5 Å². The quantitative estimate of drug-likeness (QED) is 0.926. The first kappa shape index (κ1) is 11.7. The van der Waals surface area contributed by atoms with E-state index >= 15 is 0 Å². The number of aryl methyl sites for hydroxylation is 1. The molecule has 3 nitrogen and oxygen atoms in total. The number of furan rings is 1. The SMILES string of the molecule is c1coc(-c2nc3c(s2)CCCC3CNC2CC2)c1. The summed E-state index contributed by atoms with van der Waals surface area (Å²) in [6.07, 6.45) is 8.19. The summed E-state index contributed by atoms with van der Waals surface area (Å²) in [5, 5.41) is 4.70. The van der Waals surface area contributed by atoms with E-state index in [1.165, 1.54) is 42.7 Å². The number of hydrogen-bond acceptors (Lipinski definition) is 4. The normalized spacial score (nSPS) is 22.4. The van der Waals surface area contributed by atoms with Gasteiger partial charge in [0.1, 0.15) is 0 Å². The van der Waals surface area contributed by atoms with Gasteiger partial charge in [0.15, 0.2) is 10.8 Å². The van der Waals surface area contributed by atoms with Gasteiger partial charge in [-0.2, -0.15) is 0 Å². The summed E-state index contributed by atoms with van der Waals surface area (Å²) in [4.78, 5) is 6.33. The van der Waals surface area contributed by atoms with E-state index in [2.05, 4.69) is 5.32 Å². The number of aromatic nitrogens is 1. The minimum absolute atomic E-state index is 0.601. The van der Waals surface area contributed by atoms with Crippen LogP contribution in [0, 0.1) is 0 Å². The third-order valence-corrected chi connectivity index (χ3v) is 5.18. The Kier molecular flexibility index (Phi) is 2.93. The van der Waals surface area contributed by atoms with Crippen molar-refractivity contribution in [2.24, 2.45) is 0 Å². The Bertz CT molecular complexity index is 557. The van der Waals surface area contributed by atoms with Crippen molar-refractivity contribution in [3.05, 3.63) is 29.0 Å². The maximum absolute atomic E-state index is 5.47. The molecule has 0 amide bonds. The standard InChI is InChI=1S/C15H18N2OS/c1-3-10(9-16-11-6-7-11)14-13(5-1)19-15(17-14)12-4-2-8-18-12/h2,4,8,10-11,16H,1,3,5-7,9H2. The summed E-state index contributed by atoms with van der Waals surface area (Å²) in [6, 6.07) is 4.72. The summed E-state index contributed by atoms with van der Waals surface area (Å²) in [7, 11) is 0. The van der Waals surface area contributed by atoms with Crippen LogP contribution in [0.3, 0.4) is 0 Å². The topological polar surface area (TPSA) is 38.1 Å². The van der Waals surface area contributed by atoms with Crippen molar-refractivity contribution in [2.75, 3.05) is 6.54 Å². The molecule has 19 heavy (non-hydrogen) atoms. The summed E-state index contributed by atoms with van der Waals surface area (Å²) in [6.45, 7) is 1.10. The van der Waals surface area contributed by atoms with Crippen LogP contribution in [0.2, 0.25) is 0 Å². The van der Waals surface area contributed by atoms with Crippen LogP contribution in [0.25, 0.3) is 10.8 Å². The molecule has 1 unspecified atom stereocenters. The molecule has 0 bridgehead atoms. The fourth-order valence-corrected chi connectivity index (χ4v) is 3.97. The van der Waals surface area contributed by atoms with Crippen molar-refractivity contribution in [1.82, 2.24) is 10.3 Å². The highest BCUT2D eigenvalue weighted by atomic mass is 32.1. The first-order valence-corrected chi connectivity index (χ1v) is 7.98. The van der Waals surface area contributed by atoms with E-state index in [-0.39, 0.29) is 0 Å². The van der Waals surface area contributed by atoms with E-state index in [9.17, 15) is 0 Å². The molecule has 1 N–H and O–H groups in total. The maximum atomic E-state index is 5.47. The van der Waals surface area contributed by atoms with Gasteiger partial charge in [-0.3, -0.25) is 0 Å². The van der Waals surface area contributed by atoms with Crippen LogP contribution in [0.4, 0.5) is 0 Å². The lowest BCUT2D eigenvalue weighted by atomic mass is 9.91. The number of thiazole rings is 1. The predicted octanol–water partition coefficient (Wildman–Crippen LogP) is 3.58. The largest absolute Gasteiger partial charge is 0.462 e. The Labute approximate surface area is 117 Å². The molecule has 2 aliphatic carbocycles. The molecular formula is C15H18N2OS. The Balaban J connectivity index is 1.58. The highest BCUT2D eigenvalue weighted by Crippen LogP contribution is 2.38.